The fraction of sp³-hybridized carbons (Fsp3) is 0.800. The summed E-state index contributed by atoms with van der Waals surface area (Å²) in [6, 6.07) is 5.91. The van der Waals surface area contributed by atoms with Crippen molar-refractivity contribution in [3.05, 3.63) is 34.4 Å². The second-order valence-corrected chi connectivity index (χ2v) is 9.12. The minimum Gasteiger partial charge on any atom is -0.491 e. The fourth-order valence-corrected chi connectivity index (χ4v) is 3.27. The lowest BCUT2D eigenvalue weighted by Crippen LogP contribution is -2.16. The first kappa shape index (κ1) is 42.0. The first-order chi connectivity index (χ1) is 22.7. The number of rotatable bonds is 37. The summed E-state index contributed by atoms with van der Waals surface area (Å²) in [5.74, 6) is 0.555. The van der Waals surface area contributed by atoms with Crippen LogP contribution in [0.2, 0.25) is 0 Å². The molecule has 0 spiro atoms. The summed E-state index contributed by atoms with van der Waals surface area (Å²) < 4.78 is 65.0. The van der Waals surface area contributed by atoms with Crippen LogP contribution in [-0.2, 0) is 52.1 Å². The van der Waals surface area contributed by atoms with Crippen molar-refractivity contribution < 1.29 is 61.8 Å². The van der Waals surface area contributed by atoms with Crippen LogP contribution in [0.15, 0.2) is 24.3 Å². The minimum absolute atomic E-state index is 0.0248. The topological polar surface area (TPSA) is 180 Å². The highest BCUT2D eigenvalue weighted by Crippen LogP contribution is 2.17. The summed E-state index contributed by atoms with van der Waals surface area (Å²) in [7, 11) is 0. The van der Waals surface area contributed by atoms with Gasteiger partial charge in [0.1, 0.15) is 12.4 Å². The first-order valence-corrected chi connectivity index (χ1v) is 15.7. The van der Waals surface area contributed by atoms with Crippen molar-refractivity contribution in [2.75, 3.05) is 159 Å². The van der Waals surface area contributed by atoms with Crippen LogP contribution in [0, 0.1) is 10.1 Å². The molecule has 0 amide bonds. The Morgan fingerprint density at radius 1 is 0.413 bits per heavy atom. The molecular formula is C30H54N2O14. The zero-order valence-electron chi connectivity index (χ0n) is 27.0. The molecule has 46 heavy (non-hydrogen) atoms. The Morgan fingerprint density at radius 2 is 0.652 bits per heavy atom. The lowest BCUT2D eigenvalue weighted by Gasteiger charge is -2.09. The zero-order chi connectivity index (χ0) is 33.0. The molecule has 268 valence electrons. The molecule has 0 saturated carbocycles. The summed E-state index contributed by atoms with van der Waals surface area (Å²) in [6.45, 7) is 11.7. The summed E-state index contributed by atoms with van der Waals surface area (Å²) in [5, 5.41) is 10.6. The Morgan fingerprint density at radius 3 is 0.891 bits per heavy atom. The lowest BCUT2D eigenvalue weighted by molar-refractivity contribution is -0.384. The summed E-state index contributed by atoms with van der Waals surface area (Å²) in [5.41, 5.74) is 5.35. The van der Waals surface area contributed by atoms with Gasteiger partial charge in [0.2, 0.25) is 0 Å². The molecule has 0 bridgehead atoms. The molecule has 0 aliphatic carbocycles. The molecule has 16 heteroatoms. The highest BCUT2D eigenvalue weighted by molar-refractivity contribution is 5.35. The van der Waals surface area contributed by atoms with E-state index in [9.17, 15) is 10.1 Å². The van der Waals surface area contributed by atoms with Crippen molar-refractivity contribution in [3.63, 3.8) is 0 Å². The molecule has 0 unspecified atom stereocenters. The molecule has 0 atom stereocenters. The largest absolute Gasteiger partial charge is 0.491 e. The maximum atomic E-state index is 10.6. The molecule has 1 aromatic carbocycles. The van der Waals surface area contributed by atoms with Crippen LogP contribution in [0.3, 0.4) is 0 Å². The van der Waals surface area contributed by atoms with Gasteiger partial charge < -0.3 is 62.6 Å². The molecular weight excluding hydrogens is 612 g/mol. The Hall–Kier alpha value is -2.06. The lowest BCUT2D eigenvalue weighted by atomic mass is 10.3. The molecule has 0 aliphatic heterocycles. The van der Waals surface area contributed by atoms with Gasteiger partial charge in [-0.15, -0.1) is 0 Å². The van der Waals surface area contributed by atoms with Crippen LogP contribution in [0.1, 0.15) is 0 Å². The van der Waals surface area contributed by atoms with E-state index in [0.717, 1.165) is 0 Å². The van der Waals surface area contributed by atoms with Crippen molar-refractivity contribution in [3.8, 4) is 5.75 Å². The molecule has 16 nitrogen and oxygen atoms in total. The summed E-state index contributed by atoms with van der Waals surface area (Å²) >= 11 is 0. The van der Waals surface area contributed by atoms with E-state index >= 15 is 0 Å². The Balaban J connectivity index is 1.65. The molecule has 0 radical (unpaired) electrons. The molecule has 0 aliphatic rings. The average Bonchev–Trinajstić information content (AvgIpc) is 3.06. The van der Waals surface area contributed by atoms with Crippen LogP contribution < -0.4 is 10.5 Å². The highest BCUT2D eigenvalue weighted by atomic mass is 16.6. The van der Waals surface area contributed by atoms with Gasteiger partial charge in [0.15, 0.2) is 0 Å². The fourth-order valence-electron chi connectivity index (χ4n) is 3.27. The average molecular weight is 667 g/mol. The molecule has 0 fully saturated rings. The third kappa shape index (κ3) is 29.3. The number of non-ortho nitro benzene ring substituents is 1. The van der Waals surface area contributed by atoms with Gasteiger partial charge in [-0.25, -0.2) is 0 Å². The minimum atomic E-state index is -0.453. The molecule has 0 heterocycles. The van der Waals surface area contributed by atoms with Gasteiger partial charge in [0, 0.05) is 18.7 Å². The number of nitro benzene ring substituents is 1. The number of hydrogen-bond acceptors (Lipinski definition) is 15. The number of nitrogens with zero attached hydrogens (tertiary/aromatic N) is 1. The molecule has 0 aromatic heterocycles. The van der Waals surface area contributed by atoms with E-state index in [0.29, 0.717) is 164 Å². The Kier molecular flexibility index (Phi) is 31.3. The van der Waals surface area contributed by atoms with Crippen LogP contribution in [0.4, 0.5) is 5.69 Å². The molecule has 1 rings (SSSR count). The quantitative estimate of drug-likeness (QED) is 0.0606. The van der Waals surface area contributed by atoms with E-state index < -0.39 is 4.92 Å². The van der Waals surface area contributed by atoms with Crippen LogP contribution in [0.25, 0.3) is 0 Å². The number of nitrogens with two attached hydrogens (primary N) is 1. The Labute approximate surface area is 272 Å². The van der Waals surface area contributed by atoms with E-state index in [2.05, 4.69) is 0 Å². The number of benzene rings is 1. The maximum Gasteiger partial charge on any atom is 0.269 e. The van der Waals surface area contributed by atoms with Crippen LogP contribution >= 0.6 is 0 Å². The smallest absolute Gasteiger partial charge is 0.269 e. The molecule has 0 saturated heterocycles. The maximum absolute atomic E-state index is 10.6. The highest BCUT2D eigenvalue weighted by Gasteiger charge is 2.04. The van der Waals surface area contributed by atoms with Crippen molar-refractivity contribution >= 4 is 5.69 Å². The number of ether oxygens (including phenoxy) is 12. The third-order valence-corrected chi connectivity index (χ3v) is 5.53. The van der Waals surface area contributed by atoms with Gasteiger partial charge in [-0.2, -0.15) is 0 Å². The third-order valence-electron chi connectivity index (χ3n) is 5.53. The van der Waals surface area contributed by atoms with Crippen molar-refractivity contribution in [2.45, 2.75) is 0 Å². The predicted molar refractivity (Wildman–Crippen MR) is 167 cm³/mol. The number of nitro groups is 1. The summed E-state index contributed by atoms with van der Waals surface area (Å²) in [4.78, 5) is 10.2. The van der Waals surface area contributed by atoms with Gasteiger partial charge >= 0.3 is 0 Å². The second-order valence-electron chi connectivity index (χ2n) is 9.12. The monoisotopic (exact) mass is 666 g/mol. The van der Waals surface area contributed by atoms with Gasteiger partial charge in [-0.1, -0.05) is 0 Å². The summed E-state index contributed by atoms with van der Waals surface area (Å²) in [6.07, 6.45) is 0. The van der Waals surface area contributed by atoms with E-state index in [1.54, 1.807) is 12.1 Å². The molecule has 1 aromatic rings. The second kappa shape index (κ2) is 34.3. The Bertz CT molecular complexity index is 778. The van der Waals surface area contributed by atoms with E-state index in [4.69, 9.17) is 62.6 Å². The van der Waals surface area contributed by atoms with Gasteiger partial charge in [-0.3, -0.25) is 10.1 Å². The van der Waals surface area contributed by atoms with Gasteiger partial charge in [0.25, 0.3) is 5.69 Å². The van der Waals surface area contributed by atoms with Crippen molar-refractivity contribution in [1.82, 2.24) is 0 Å². The van der Waals surface area contributed by atoms with Gasteiger partial charge in [-0.05, 0) is 12.1 Å². The van der Waals surface area contributed by atoms with Crippen LogP contribution in [0.5, 0.6) is 5.75 Å². The van der Waals surface area contributed by atoms with Gasteiger partial charge in [0.05, 0.1) is 150 Å². The van der Waals surface area contributed by atoms with Crippen LogP contribution in [-0.4, -0.2) is 163 Å². The number of hydrogen-bond donors (Lipinski definition) is 1. The normalized spacial score (nSPS) is 11.3. The standard InChI is InChI=1S/C30H54N2O14/c31-5-6-35-7-8-36-9-10-37-11-12-38-13-14-39-15-16-40-17-18-41-19-20-42-21-22-43-23-24-44-25-26-45-27-28-46-30-3-1-29(2-4-30)32(33)34/h1-4H,5-28,31H2. The van der Waals surface area contributed by atoms with Crippen molar-refractivity contribution in [2.24, 2.45) is 5.73 Å². The van der Waals surface area contributed by atoms with E-state index in [1.807, 2.05) is 0 Å². The van der Waals surface area contributed by atoms with Crippen molar-refractivity contribution in [1.29, 1.82) is 0 Å². The zero-order valence-corrected chi connectivity index (χ0v) is 27.0. The van der Waals surface area contributed by atoms with E-state index in [1.165, 1.54) is 12.1 Å². The predicted octanol–water partition coefficient (Wildman–Crippen LogP) is 1.11. The SMILES string of the molecule is NCCOCCOCCOCCOCCOCCOCCOCCOCCOCCOCCOCCOc1ccc([N+](=O)[O-])cc1. The van der Waals surface area contributed by atoms with E-state index in [-0.39, 0.29) is 5.69 Å². The first-order valence-electron chi connectivity index (χ1n) is 15.7. The molecule has 2 N–H and O–H groups in total.